The molecule has 2 aromatic rings. The summed E-state index contributed by atoms with van der Waals surface area (Å²) in [7, 11) is 0. The molecule has 0 radical (unpaired) electrons. The van der Waals surface area contributed by atoms with Crippen molar-refractivity contribution in [2.45, 2.75) is 11.3 Å². The second-order valence-corrected chi connectivity index (χ2v) is 7.90. The zero-order valence-corrected chi connectivity index (χ0v) is 15.1. The molecule has 1 aliphatic heterocycles. The molecule has 1 saturated heterocycles. The van der Waals surface area contributed by atoms with Crippen molar-refractivity contribution in [3.63, 3.8) is 0 Å². The Bertz CT molecular complexity index is 805. The number of nitrogens with one attached hydrogen (secondary N) is 2. The third kappa shape index (κ3) is 4.56. The van der Waals surface area contributed by atoms with E-state index in [-0.39, 0.29) is 17.6 Å². The number of hydrogen-bond donors (Lipinski definition) is 2. The summed E-state index contributed by atoms with van der Waals surface area (Å²) in [6.45, 7) is 1.94. The smallest absolute Gasteiger partial charge is 0.236 e. The molecule has 1 fully saturated rings. The summed E-state index contributed by atoms with van der Waals surface area (Å²) in [4.78, 5) is 27.3. The molecule has 2 heterocycles. The minimum Gasteiger partial charge on any atom is -0.325 e. The van der Waals surface area contributed by atoms with Gasteiger partial charge >= 0.3 is 0 Å². The lowest BCUT2D eigenvalue weighted by molar-refractivity contribution is -0.117. The van der Waals surface area contributed by atoms with Crippen LogP contribution in [-0.2, 0) is 9.59 Å². The highest BCUT2D eigenvalue weighted by Gasteiger charge is 2.17. The van der Waals surface area contributed by atoms with E-state index >= 15 is 0 Å². The van der Waals surface area contributed by atoms with E-state index in [1.54, 1.807) is 0 Å². The number of aliphatic imine (C=N–C) groups is 1. The highest BCUT2D eigenvalue weighted by atomic mass is 32.2. The molecule has 124 valence electrons. The monoisotopic (exact) mass is 379 g/mol. The van der Waals surface area contributed by atoms with Crippen LogP contribution in [-0.4, -0.2) is 38.7 Å². The van der Waals surface area contributed by atoms with Gasteiger partial charge in [0.1, 0.15) is 0 Å². The van der Waals surface area contributed by atoms with E-state index in [1.165, 1.54) is 34.9 Å². The maximum absolute atomic E-state index is 12.0. The third-order valence-corrected chi connectivity index (χ3v) is 5.75. The topological polar surface area (TPSA) is 96.3 Å². The van der Waals surface area contributed by atoms with Crippen LogP contribution < -0.4 is 10.6 Å². The lowest BCUT2D eigenvalue weighted by Crippen LogP contribution is -2.19. The molecule has 0 spiro atoms. The number of carbonyl (C=O) groups excluding carboxylic acids is 2. The molecule has 0 atom stereocenters. The number of amides is 2. The molecule has 24 heavy (non-hydrogen) atoms. The molecule has 3 rings (SSSR count). The molecule has 1 aromatic heterocycles. The second-order valence-electron chi connectivity index (χ2n) is 4.76. The average Bonchev–Trinajstić information content (AvgIpc) is 3.17. The molecule has 2 amide bonds. The van der Waals surface area contributed by atoms with E-state index in [2.05, 4.69) is 25.8 Å². The number of rotatable bonds is 5. The number of amidine groups is 1. The minimum atomic E-state index is -0.101. The summed E-state index contributed by atoms with van der Waals surface area (Å²) in [5.74, 6) is 0.449. The number of thioether (sulfide) groups is 2. The quantitative estimate of drug-likeness (QED) is 0.775. The lowest BCUT2D eigenvalue weighted by Gasteiger charge is -2.06. The zero-order valence-electron chi connectivity index (χ0n) is 12.6. The third-order valence-electron chi connectivity index (χ3n) is 2.93. The first-order chi connectivity index (χ1) is 11.6. The van der Waals surface area contributed by atoms with Crippen molar-refractivity contribution in [2.24, 2.45) is 4.99 Å². The Morgan fingerprint density at radius 3 is 3.00 bits per heavy atom. The van der Waals surface area contributed by atoms with Crippen LogP contribution in [0, 0.1) is 6.92 Å². The molecule has 2 N–H and O–H groups in total. The minimum absolute atomic E-state index is 0.0641. The molecule has 0 bridgehead atoms. The number of anilines is 1. The van der Waals surface area contributed by atoms with E-state index in [0.29, 0.717) is 20.4 Å². The first-order valence-corrected chi connectivity index (χ1v) is 9.72. The fourth-order valence-corrected chi connectivity index (χ4v) is 4.06. The molecule has 0 saturated carbocycles. The summed E-state index contributed by atoms with van der Waals surface area (Å²) in [6.07, 6.45) is 0. The van der Waals surface area contributed by atoms with E-state index in [9.17, 15) is 9.59 Å². The van der Waals surface area contributed by atoms with Crippen molar-refractivity contribution >= 4 is 62.7 Å². The molecule has 10 heteroatoms. The van der Waals surface area contributed by atoms with Crippen molar-refractivity contribution in [2.75, 3.05) is 16.8 Å². The Morgan fingerprint density at radius 2 is 2.25 bits per heavy atom. The van der Waals surface area contributed by atoms with E-state index in [4.69, 9.17) is 0 Å². The highest BCUT2D eigenvalue weighted by Crippen LogP contribution is 2.28. The second kappa shape index (κ2) is 7.77. The van der Waals surface area contributed by atoms with Crippen LogP contribution in [0.1, 0.15) is 5.56 Å². The maximum atomic E-state index is 12.0. The maximum Gasteiger partial charge on any atom is 0.236 e. The van der Waals surface area contributed by atoms with Crippen LogP contribution in [0.4, 0.5) is 10.8 Å². The van der Waals surface area contributed by atoms with Crippen LogP contribution in [0.25, 0.3) is 0 Å². The molecule has 0 aliphatic carbocycles. The van der Waals surface area contributed by atoms with Crippen LogP contribution in [0.2, 0.25) is 0 Å². The number of hydrogen-bond acceptors (Lipinski definition) is 8. The van der Waals surface area contributed by atoms with Crippen molar-refractivity contribution in [3.05, 3.63) is 29.8 Å². The largest absolute Gasteiger partial charge is 0.325 e. The predicted molar refractivity (Wildman–Crippen MR) is 98.1 cm³/mol. The fraction of sp³-hybridized carbons (Fsp3) is 0.214. The van der Waals surface area contributed by atoms with Crippen molar-refractivity contribution in [3.8, 4) is 0 Å². The molecule has 7 nitrogen and oxygen atoms in total. The van der Waals surface area contributed by atoms with E-state index < -0.39 is 0 Å². The van der Waals surface area contributed by atoms with Gasteiger partial charge in [-0.1, -0.05) is 53.1 Å². The van der Waals surface area contributed by atoms with Gasteiger partial charge in [0.15, 0.2) is 9.51 Å². The molecule has 0 unspecified atom stereocenters. The van der Waals surface area contributed by atoms with Gasteiger partial charge in [0.05, 0.1) is 11.5 Å². The summed E-state index contributed by atoms with van der Waals surface area (Å²) in [5, 5.41) is 14.4. The molecular formula is C14H13N5O2S3. The van der Waals surface area contributed by atoms with Crippen molar-refractivity contribution in [1.29, 1.82) is 0 Å². The standard InChI is InChI=1S/C14H13N5O2S3/c1-8-4-2-3-5-9(8)15-10(20)7-23-14-19-18-13(24-14)17-12-16-11(21)6-22-12/h2-5H,6-7H2,1H3,(H,15,20)(H,16,17,18,21). The van der Waals surface area contributed by atoms with Gasteiger partial charge in [-0.15, -0.1) is 10.2 Å². The molecule has 1 aliphatic rings. The van der Waals surface area contributed by atoms with Crippen molar-refractivity contribution < 1.29 is 9.59 Å². The Kier molecular flexibility index (Phi) is 5.48. The normalized spacial score (nSPS) is 15.5. The Hall–Kier alpha value is -1.91. The van der Waals surface area contributed by atoms with Gasteiger partial charge in [-0.2, -0.15) is 4.99 Å². The van der Waals surface area contributed by atoms with Gasteiger partial charge in [-0.05, 0) is 18.6 Å². The Morgan fingerprint density at radius 1 is 1.42 bits per heavy atom. The van der Waals surface area contributed by atoms with Gasteiger partial charge in [-0.25, -0.2) is 0 Å². The Labute approximate surface area is 150 Å². The average molecular weight is 379 g/mol. The molecular weight excluding hydrogens is 366 g/mol. The van der Waals surface area contributed by atoms with Gasteiger partial charge in [0.25, 0.3) is 0 Å². The number of para-hydroxylation sites is 1. The number of aryl methyl sites for hydroxylation is 1. The number of benzene rings is 1. The number of nitrogens with zero attached hydrogens (tertiary/aromatic N) is 3. The van der Waals surface area contributed by atoms with Gasteiger partial charge in [0, 0.05) is 5.69 Å². The predicted octanol–water partition coefficient (Wildman–Crippen LogP) is 2.43. The first-order valence-electron chi connectivity index (χ1n) is 6.93. The number of aromatic nitrogens is 2. The first kappa shape index (κ1) is 16.9. The van der Waals surface area contributed by atoms with Crippen LogP contribution in [0.15, 0.2) is 33.6 Å². The van der Waals surface area contributed by atoms with Gasteiger partial charge in [0.2, 0.25) is 16.9 Å². The summed E-state index contributed by atoms with van der Waals surface area (Å²) < 4.78 is 0.656. The summed E-state index contributed by atoms with van der Waals surface area (Å²) in [6, 6.07) is 7.62. The number of carbonyl (C=O) groups is 2. The Balaban J connectivity index is 1.53. The van der Waals surface area contributed by atoms with E-state index in [0.717, 1.165) is 11.3 Å². The van der Waals surface area contributed by atoms with Crippen molar-refractivity contribution in [1.82, 2.24) is 15.5 Å². The summed E-state index contributed by atoms with van der Waals surface area (Å²) >= 11 is 3.92. The SMILES string of the molecule is Cc1ccccc1NC(=O)CSc1nnc(/N=C2\NC(=O)CS2)s1. The van der Waals surface area contributed by atoms with Gasteiger partial charge < -0.3 is 10.6 Å². The fourth-order valence-electron chi connectivity index (χ4n) is 1.81. The van der Waals surface area contributed by atoms with Crippen LogP contribution in [0.5, 0.6) is 0 Å². The van der Waals surface area contributed by atoms with Crippen LogP contribution in [0.3, 0.4) is 0 Å². The zero-order chi connectivity index (χ0) is 16.9. The summed E-state index contributed by atoms with van der Waals surface area (Å²) in [5.41, 5.74) is 1.82. The van der Waals surface area contributed by atoms with Gasteiger partial charge in [-0.3, -0.25) is 9.59 Å². The van der Waals surface area contributed by atoms with Crippen LogP contribution >= 0.6 is 34.9 Å². The van der Waals surface area contributed by atoms with E-state index in [1.807, 2.05) is 31.2 Å². The molecule has 1 aromatic carbocycles. The highest BCUT2D eigenvalue weighted by molar-refractivity contribution is 8.15. The lowest BCUT2D eigenvalue weighted by atomic mass is 10.2.